The summed E-state index contributed by atoms with van der Waals surface area (Å²) in [6, 6.07) is 6.56. The van der Waals surface area contributed by atoms with Gasteiger partial charge in [0.1, 0.15) is 6.29 Å². The summed E-state index contributed by atoms with van der Waals surface area (Å²) in [7, 11) is 0. The molecule has 4 nitrogen and oxygen atoms in total. The van der Waals surface area contributed by atoms with Crippen molar-refractivity contribution in [3.8, 4) is 0 Å². The Kier molecular flexibility index (Phi) is 3.64. The first-order chi connectivity index (χ1) is 6.63. The average molecular weight is 258 g/mol. The lowest BCUT2D eigenvalue weighted by molar-refractivity contribution is -0.107. The molecule has 74 valence electrons. The molecule has 0 aliphatic carbocycles. The summed E-state index contributed by atoms with van der Waals surface area (Å²) in [5.74, 6) is 0. The van der Waals surface area contributed by atoms with Gasteiger partial charge in [0.05, 0.1) is 4.83 Å². The van der Waals surface area contributed by atoms with Crippen LogP contribution in [-0.2, 0) is 4.79 Å². The molecule has 1 rings (SSSR count). The third-order valence-corrected chi connectivity index (χ3v) is 2.34. The van der Waals surface area contributed by atoms with E-state index in [-0.39, 0.29) is 4.83 Å². The van der Waals surface area contributed by atoms with Gasteiger partial charge in [0.15, 0.2) is 0 Å². The molecule has 14 heavy (non-hydrogen) atoms. The number of benzene rings is 1. The molecule has 0 aromatic heterocycles. The van der Waals surface area contributed by atoms with E-state index in [1.165, 1.54) is 0 Å². The number of halogens is 1. The number of carbonyl (C=O) groups excluding carboxylic acids is 1. The Bertz CT molecular complexity index is 336. The summed E-state index contributed by atoms with van der Waals surface area (Å²) in [4.78, 5) is 20.3. The number of hydrogen-bond donors (Lipinski definition) is 2. The molecule has 0 aliphatic heterocycles. The maximum absolute atomic E-state index is 10.4. The molecule has 5 heteroatoms. The number of aldehydes is 1. The second-order valence-corrected chi connectivity index (χ2v) is 3.58. The standard InChI is InChI=1S/C9H8BrNO3/c10-8(5-12)6-1-3-7(4-2-6)11-9(13)14/h1-5,8,11H,(H,13,14). The molecule has 1 atom stereocenters. The van der Waals surface area contributed by atoms with Gasteiger partial charge in [-0.15, -0.1) is 0 Å². The average Bonchev–Trinajstić information content (AvgIpc) is 2.17. The zero-order valence-electron chi connectivity index (χ0n) is 7.11. The fraction of sp³-hybridized carbons (Fsp3) is 0.111. The van der Waals surface area contributed by atoms with Crippen molar-refractivity contribution in [1.29, 1.82) is 0 Å². The first-order valence-electron chi connectivity index (χ1n) is 3.83. The topological polar surface area (TPSA) is 66.4 Å². The zero-order valence-corrected chi connectivity index (χ0v) is 8.69. The molecule has 1 aromatic carbocycles. The van der Waals surface area contributed by atoms with Crippen molar-refractivity contribution in [2.75, 3.05) is 5.32 Å². The van der Waals surface area contributed by atoms with Crippen LogP contribution in [0.15, 0.2) is 24.3 Å². The lowest BCUT2D eigenvalue weighted by Crippen LogP contribution is -2.06. The lowest BCUT2D eigenvalue weighted by atomic mass is 10.1. The molecule has 1 unspecified atom stereocenters. The van der Waals surface area contributed by atoms with Gasteiger partial charge in [-0.2, -0.15) is 0 Å². The molecule has 1 amide bonds. The normalized spacial score (nSPS) is 11.8. The fourth-order valence-electron chi connectivity index (χ4n) is 0.952. The number of rotatable bonds is 3. The molecule has 0 spiro atoms. The minimum atomic E-state index is -1.11. The van der Waals surface area contributed by atoms with Crippen molar-refractivity contribution in [1.82, 2.24) is 0 Å². The summed E-state index contributed by atoms with van der Waals surface area (Å²) in [5.41, 5.74) is 1.27. The van der Waals surface area contributed by atoms with Crippen LogP contribution >= 0.6 is 15.9 Å². The van der Waals surface area contributed by atoms with E-state index in [4.69, 9.17) is 5.11 Å². The molecule has 2 N–H and O–H groups in total. The maximum Gasteiger partial charge on any atom is 0.409 e. The first kappa shape index (κ1) is 10.7. The minimum absolute atomic E-state index is 0.346. The van der Waals surface area contributed by atoms with E-state index in [1.54, 1.807) is 24.3 Å². The quantitative estimate of drug-likeness (QED) is 0.646. The third kappa shape index (κ3) is 2.85. The Morgan fingerprint density at radius 1 is 1.43 bits per heavy atom. The number of anilines is 1. The van der Waals surface area contributed by atoms with Gasteiger partial charge in [-0.05, 0) is 17.7 Å². The molecule has 0 heterocycles. The van der Waals surface area contributed by atoms with Crippen molar-refractivity contribution in [2.45, 2.75) is 4.83 Å². The van der Waals surface area contributed by atoms with Crippen LogP contribution < -0.4 is 5.32 Å². The highest BCUT2D eigenvalue weighted by atomic mass is 79.9. The van der Waals surface area contributed by atoms with Crippen LogP contribution in [0, 0.1) is 0 Å². The molecular weight excluding hydrogens is 250 g/mol. The van der Waals surface area contributed by atoms with Crippen molar-refractivity contribution >= 4 is 34.0 Å². The summed E-state index contributed by atoms with van der Waals surface area (Å²) < 4.78 is 0. The smallest absolute Gasteiger partial charge is 0.409 e. The Hall–Kier alpha value is -1.36. The predicted molar refractivity (Wildman–Crippen MR) is 55.8 cm³/mol. The molecule has 0 aliphatic rings. The van der Waals surface area contributed by atoms with Gasteiger partial charge in [-0.25, -0.2) is 4.79 Å². The molecule has 0 radical (unpaired) electrons. The number of carboxylic acid groups (broad SMARTS) is 1. The molecule has 0 bridgehead atoms. The van der Waals surface area contributed by atoms with Gasteiger partial charge >= 0.3 is 6.09 Å². The van der Waals surface area contributed by atoms with E-state index in [9.17, 15) is 9.59 Å². The molecule has 0 saturated carbocycles. The highest BCUT2D eigenvalue weighted by Crippen LogP contribution is 2.21. The third-order valence-electron chi connectivity index (χ3n) is 1.60. The van der Waals surface area contributed by atoms with E-state index in [0.717, 1.165) is 11.8 Å². The van der Waals surface area contributed by atoms with Gasteiger partial charge in [0.2, 0.25) is 0 Å². The number of amides is 1. The zero-order chi connectivity index (χ0) is 10.6. The lowest BCUT2D eigenvalue weighted by Gasteiger charge is -2.04. The number of hydrogen-bond acceptors (Lipinski definition) is 2. The van der Waals surface area contributed by atoms with E-state index in [0.29, 0.717) is 5.69 Å². The van der Waals surface area contributed by atoms with Gasteiger partial charge in [0.25, 0.3) is 0 Å². The van der Waals surface area contributed by atoms with E-state index >= 15 is 0 Å². The van der Waals surface area contributed by atoms with E-state index < -0.39 is 6.09 Å². The van der Waals surface area contributed by atoms with Crippen LogP contribution in [0.3, 0.4) is 0 Å². The fourth-order valence-corrected chi connectivity index (χ4v) is 1.26. The Morgan fingerprint density at radius 3 is 2.43 bits per heavy atom. The van der Waals surface area contributed by atoms with E-state index in [2.05, 4.69) is 21.2 Å². The molecule has 1 aromatic rings. The molecule has 0 fully saturated rings. The van der Waals surface area contributed by atoms with E-state index in [1.807, 2.05) is 0 Å². The Morgan fingerprint density at radius 2 is 2.00 bits per heavy atom. The Balaban J connectivity index is 2.78. The second kappa shape index (κ2) is 4.76. The Labute approximate surface area is 89.1 Å². The second-order valence-electron chi connectivity index (χ2n) is 2.59. The summed E-state index contributed by atoms with van der Waals surface area (Å²) >= 11 is 3.16. The van der Waals surface area contributed by atoms with Gasteiger partial charge in [-0.3, -0.25) is 5.32 Å². The minimum Gasteiger partial charge on any atom is -0.465 e. The van der Waals surface area contributed by atoms with Crippen molar-refractivity contribution in [2.24, 2.45) is 0 Å². The van der Waals surface area contributed by atoms with Crippen LogP contribution in [0.2, 0.25) is 0 Å². The van der Waals surface area contributed by atoms with Gasteiger partial charge < -0.3 is 9.90 Å². The number of nitrogens with one attached hydrogen (secondary N) is 1. The van der Waals surface area contributed by atoms with Crippen LogP contribution in [0.25, 0.3) is 0 Å². The number of alkyl halides is 1. The van der Waals surface area contributed by atoms with Crippen molar-refractivity contribution < 1.29 is 14.7 Å². The molecule has 0 saturated heterocycles. The number of carbonyl (C=O) groups is 2. The largest absolute Gasteiger partial charge is 0.465 e. The highest BCUT2D eigenvalue weighted by molar-refractivity contribution is 9.09. The summed E-state index contributed by atoms with van der Waals surface area (Å²) in [6.07, 6.45) is -0.344. The maximum atomic E-state index is 10.4. The van der Waals surface area contributed by atoms with Gasteiger partial charge in [-0.1, -0.05) is 28.1 Å². The summed E-state index contributed by atoms with van der Waals surface area (Å²) in [5, 5.41) is 10.6. The predicted octanol–water partition coefficient (Wildman–Crippen LogP) is 2.41. The highest BCUT2D eigenvalue weighted by Gasteiger charge is 2.05. The van der Waals surface area contributed by atoms with Crippen LogP contribution in [-0.4, -0.2) is 17.5 Å². The van der Waals surface area contributed by atoms with Gasteiger partial charge in [0, 0.05) is 5.69 Å². The SMILES string of the molecule is O=CC(Br)c1ccc(NC(=O)O)cc1. The van der Waals surface area contributed by atoms with Crippen LogP contribution in [0.1, 0.15) is 10.4 Å². The molecular formula is C9H8BrNO3. The van der Waals surface area contributed by atoms with Crippen LogP contribution in [0.5, 0.6) is 0 Å². The first-order valence-corrected chi connectivity index (χ1v) is 4.74. The van der Waals surface area contributed by atoms with Crippen molar-refractivity contribution in [3.63, 3.8) is 0 Å². The van der Waals surface area contributed by atoms with Crippen molar-refractivity contribution in [3.05, 3.63) is 29.8 Å². The summed E-state index contributed by atoms with van der Waals surface area (Å²) in [6.45, 7) is 0. The monoisotopic (exact) mass is 257 g/mol. The van der Waals surface area contributed by atoms with Crippen LogP contribution in [0.4, 0.5) is 10.5 Å².